The number of thioether (sulfide) groups is 1. The van der Waals surface area contributed by atoms with E-state index in [1.54, 1.807) is 4.57 Å². The molecule has 0 radical (unpaired) electrons. The van der Waals surface area contributed by atoms with Crippen LogP contribution in [0.3, 0.4) is 0 Å². The number of para-hydroxylation sites is 1. The first kappa shape index (κ1) is 21.4. The van der Waals surface area contributed by atoms with Crippen molar-refractivity contribution in [3.63, 3.8) is 0 Å². The third-order valence-corrected chi connectivity index (χ3v) is 5.73. The van der Waals surface area contributed by atoms with Crippen LogP contribution < -0.4 is 10.3 Å². The fourth-order valence-corrected chi connectivity index (χ4v) is 4.13. The minimum atomic E-state index is -0.663. The van der Waals surface area contributed by atoms with Gasteiger partial charge in [0.25, 0.3) is 5.56 Å². The number of unbranched alkanes of at least 4 members (excludes halogenated alkanes) is 1. The third-order valence-electron chi connectivity index (χ3n) is 4.60. The maximum Gasteiger partial charge on any atom is 0.262 e. The number of fused-ring (bicyclic) bond motifs is 1. The Labute approximate surface area is 175 Å². The number of aliphatic hydroxyl groups excluding tert-OH is 1. The second kappa shape index (κ2) is 9.94. The van der Waals surface area contributed by atoms with Crippen molar-refractivity contribution in [3.05, 3.63) is 63.9 Å². The highest BCUT2D eigenvalue weighted by molar-refractivity contribution is 7.99. The Morgan fingerprint density at radius 3 is 2.62 bits per heavy atom. The van der Waals surface area contributed by atoms with E-state index in [1.165, 1.54) is 11.8 Å². The summed E-state index contributed by atoms with van der Waals surface area (Å²) in [5, 5.41) is 11.7. The molecule has 0 saturated heterocycles. The molecule has 0 amide bonds. The van der Waals surface area contributed by atoms with Crippen molar-refractivity contribution in [1.82, 2.24) is 9.55 Å². The number of ether oxygens (including phenoxy) is 1. The SMILES string of the molecule is CCCCn1c(SC[C@H](O)COc2cc(C)cc(C)c2)nc2ccccc2c1=O. The maximum atomic E-state index is 12.9. The highest BCUT2D eigenvalue weighted by Gasteiger charge is 2.14. The number of nitrogens with zero attached hydrogens (tertiary/aromatic N) is 2. The van der Waals surface area contributed by atoms with Gasteiger partial charge in [-0.1, -0.05) is 43.3 Å². The quantitative estimate of drug-likeness (QED) is 0.418. The van der Waals surface area contributed by atoms with E-state index in [1.807, 2.05) is 50.2 Å². The fourth-order valence-electron chi connectivity index (χ4n) is 3.20. The van der Waals surface area contributed by atoms with Gasteiger partial charge < -0.3 is 9.84 Å². The fraction of sp³-hybridized carbons (Fsp3) is 0.391. The number of aromatic nitrogens is 2. The number of rotatable bonds is 9. The molecule has 1 aromatic heterocycles. The number of hydrogen-bond donors (Lipinski definition) is 1. The molecule has 0 fully saturated rings. The summed E-state index contributed by atoms with van der Waals surface area (Å²) in [6, 6.07) is 13.4. The molecule has 1 heterocycles. The number of aliphatic hydroxyl groups is 1. The van der Waals surface area contributed by atoms with Crippen LogP contribution >= 0.6 is 11.8 Å². The smallest absolute Gasteiger partial charge is 0.262 e. The Hall–Kier alpha value is -2.31. The lowest BCUT2D eigenvalue weighted by Crippen LogP contribution is -2.25. The molecular formula is C23H28N2O3S. The zero-order valence-corrected chi connectivity index (χ0v) is 18.0. The predicted molar refractivity (Wildman–Crippen MR) is 119 cm³/mol. The molecule has 3 rings (SSSR count). The largest absolute Gasteiger partial charge is 0.491 e. The van der Waals surface area contributed by atoms with Gasteiger partial charge in [-0.3, -0.25) is 9.36 Å². The summed E-state index contributed by atoms with van der Waals surface area (Å²) < 4.78 is 7.48. The summed E-state index contributed by atoms with van der Waals surface area (Å²) in [5.74, 6) is 1.16. The number of hydrogen-bond acceptors (Lipinski definition) is 5. The molecular weight excluding hydrogens is 384 g/mol. The first-order valence-electron chi connectivity index (χ1n) is 9.99. The van der Waals surface area contributed by atoms with E-state index < -0.39 is 6.10 Å². The van der Waals surface area contributed by atoms with Crippen LogP contribution in [-0.2, 0) is 6.54 Å². The van der Waals surface area contributed by atoms with Crippen LogP contribution in [0, 0.1) is 13.8 Å². The van der Waals surface area contributed by atoms with Gasteiger partial charge in [0.1, 0.15) is 12.4 Å². The van der Waals surface area contributed by atoms with Gasteiger partial charge in [0.15, 0.2) is 5.16 Å². The standard InChI is InChI=1S/C23H28N2O3S/c1-4-5-10-25-22(27)20-8-6-7-9-21(20)24-23(25)29-15-18(26)14-28-19-12-16(2)11-17(3)13-19/h6-9,11-13,18,26H,4-5,10,14-15H2,1-3H3/t18-/m1/s1. The van der Waals surface area contributed by atoms with E-state index in [0.717, 1.165) is 29.7 Å². The molecule has 6 heteroatoms. The predicted octanol–water partition coefficient (Wildman–Crippen LogP) is 4.35. The van der Waals surface area contributed by atoms with E-state index in [0.29, 0.717) is 28.4 Å². The van der Waals surface area contributed by atoms with Crippen LogP contribution in [0.1, 0.15) is 30.9 Å². The molecule has 5 nitrogen and oxygen atoms in total. The lowest BCUT2D eigenvalue weighted by Gasteiger charge is -2.15. The van der Waals surface area contributed by atoms with Crippen molar-refractivity contribution >= 4 is 22.7 Å². The van der Waals surface area contributed by atoms with Crippen LogP contribution in [0.25, 0.3) is 10.9 Å². The van der Waals surface area contributed by atoms with Crippen molar-refractivity contribution in [2.45, 2.75) is 51.4 Å². The Morgan fingerprint density at radius 2 is 1.90 bits per heavy atom. The van der Waals surface area contributed by atoms with Crippen molar-refractivity contribution < 1.29 is 9.84 Å². The molecule has 1 N–H and O–H groups in total. The normalized spacial score (nSPS) is 12.3. The van der Waals surface area contributed by atoms with Gasteiger partial charge in [-0.05, 0) is 55.7 Å². The molecule has 154 valence electrons. The molecule has 2 aromatic carbocycles. The van der Waals surface area contributed by atoms with Gasteiger partial charge in [-0.25, -0.2) is 4.98 Å². The van der Waals surface area contributed by atoms with Crippen molar-refractivity contribution in [2.75, 3.05) is 12.4 Å². The Balaban J connectivity index is 1.70. The highest BCUT2D eigenvalue weighted by atomic mass is 32.2. The van der Waals surface area contributed by atoms with E-state index in [-0.39, 0.29) is 12.2 Å². The minimum Gasteiger partial charge on any atom is -0.491 e. The molecule has 0 unspecified atom stereocenters. The first-order chi connectivity index (χ1) is 14.0. The van der Waals surface area contributed by atoms with Gasteiger partial charge in [-0.2, -0.15) is 0 Å². The van der Waals surface area contributed by atoms with Gasteiger partial charge in [0, 0.05) is 12.3 Å². The third kappa shape index (κ3) is 5.61. The second-order valence-corrected chi connectivity index (χ2v) is 8.31. The summed E-state index contributed by atoms with van der Waals surface area (Å²) in [6.07, 6.45) is 1.24. The van der Waals surface area contributed by atoms with Gasteiger partial charge in [-0.15, -0.1) is 0 Å². The Bertz CT molecular complexity index is 1010. The van der Waals surface area contributed by atoms with E-state index in [9.17, 15) is 9.90 Å². The molecule has 0 aliphatic rings. The summed E-state index contributed by atoms with van der Waals surface area (Å²) >= 11 is 1.40. The van der Waals surface area contributed by atoms with Crippen molar-refractivity contribution in [2.24, 2.45) is 0 Å². The average molecular weight is 413 g/mol. The lowest BCUT2D eigenvalue weighted by molar-refractivity contribution is 0.126. The zero-order valence-electron chi connectivity index (χ0n) is 17.2. The molecule has 1 atom stereocenters. The van der Waals surface area contributed by atoms with Crippen LogP contribution in [0.15, 0.2) is 52.4 Å². The lowest BCUT2D eigenvalue weighted by atomic mass is 10.1. The summed E-state index contributed by atoms with van der Waals surface area (Å²) in [6.45, 7) is 6.97. The highest BCUT2D eigenvalue weighted by Crippen LogP contribution is 2.20. The summed E-state index contributed by atoms with van der Waals surface area (Å²) in [7, 11) is 0. The van der Waals surface area contributed by atoms with Crippen LogP contribution in [0.4, 0.5) is 0 Å². The summed E-state index contributed by atoms with van der Waals surface area (Å²) in [5.41, 5.74) is 2.93. The number of aryl methyl sites for hydroxylation is 2. The zero-order chi connectivity index (χ0) is 20.8. The summed E-state index contributed by atoms with van der Waals surface area (Å²) in [4.78, 5) is 17.6. The molecule has 0 aliphatic carbocycles. The van der Waals surface area contributed by atoms with Crippen molar-refractivity contribution in [3.8, 4) is 5.75 Å². The Kier molecular flexibility index (Phi) is 7.34. The molecule has 0 aliphatic heterocycles. The van der Waals surface area contributed by atoms with Gasteiger partial charge in [0.05, 0.1) is 17.0 Å². The molecule has 0 bridgehead atoms. The van der Waals surface area contributed by atoms with E-state index in [4.69, 9.17) is 4.74 Å². The monoisotopic (exact) mass is 412 g/mol. The first-order valence-corrected chi connectivity index (χ1v) is 11.0. The van der Waals surface area contributed by atoms with Crippen LogP contribution in [0.2, 0.25) is 0 Å². The molecule has 3 aromatic rings. The average Bonchev–Trinajstić information content (AvgIpc) is 2.69. The molecule has 29 heavy (non-hydrogen) atoms. The molecule has 0 spiro atoms. The van der Waals surface area contributed by atoms with E-state index in [2.05, 4.69) is 18.0 Å². The second-order valence-electron chi connectivity index (χ2n) is 7.32. The maximum absolute atomic E-state index is 12.9. The minimum absolute atomic E-state index is 0.0208. The Morgan fingerprint density at radius 1 is 1.17 bits per heavy atom. The van der Waals surface area contributed by atoms with Crippen molar-refractivity contribution in [1.29, 1.82) is 0 Å². The topological polar surface area (TPSA) is 64.3 Å². The number of benzene rings is 2. The van der Waals surface area contributed by atoms with Crippen LogP contribution in [0.5, 0.6) is 5.75 Å². The van der Waals surface area contributed by atoms with Crippen LogP contribution in [-0.4, -0.2) is 33.1 Å². The molecule has 0 saturated carbocycles. The van der Waals surface area contributed by atoms with Gasteiger partial charge >= 0.3 is 0 Å². The van der Waals surface area contributed by atoms with E-state index >= 15 is 0 Å². The van der Waals surface area contributed by atoms with Gasteiger partial charge in [0.2, 0.25) is 0 Å².